The lowest BCUT2D eigenvalue weighted by atomic mass is 9.78. The Morgan fingerprint density at radius 1 is 0.308 bits per heavy atom. The topological polar surface area (TPSA) is 0 Å². The van der Waals surface area contributed by atoms with Crippen LogP contribution in [0.3, 0.4) is 0 Å². The highest BCUT2D eigenvalue weighted by atomic mass is 14.4. The third-order valence-electron chi connectivity index (χ3n) is 12.0. The average molecular weight is 661 g/mol. The third kappa shape index (κ3) is 3.98. The fourth-order valence-corrected chi connectivity index (χ4v) is 9.64. The molecule has 0 spiro atoms. The van der Waals surface area contributed by atoms with Crippen LogP contribution in [0, 0.1) is 6.92 Å². The van der Waals surface area contributed by atoms with Crippen LogP contribution in [0.4, 0.5) is 0 Å². The molecule has 0 aromatic heterocycles. The first kappa shape index (κ1) is 29.5. The van der Waals surface area contributed by atoms with Gasteiger partial charge in [-0.2, -0.15) is 0 Å². The minimum absolute atomic E-state index is 0.125. The van der Waals surface area contributed by atoms with Crippen molar-refractivity contribution in [2.24, 2.45) is 0 Å². The molecule has 10 aromatic rings. The molecule has 0 fully saturated rings. The van der Waals surface area contributed by atoms with Crippen molar-refractivity contribution in [3.05, 3.63) is 180 Å². The van der Waals surface area contributed by atoms with Crippen LogP contribution in [0.5, 0.6) is 0 Å². The van der Waals surface area contributed by atoms with Gasteiger partial charge in [-0.15, -0.1) is 0 Å². The van der Waals surface area contributed by atoms with E-state index in [1.807, 2.05) is 0 Å². The Balaban J connectivity index is 1.40. The largest absolute Gasteiger partial charge is 0.0619 e. The second-order valence-corrected chi connectivity index (χ2v) is 15.3. The maximum Gasteiger partial charge on any atom is 0.0159 e. The zero-order valence-electron chi connectivity index (χ0n) is 29.6. The summed E-state index contributed by atoms with van der Waals surface area (Å²) < 4.78 is 0. The molecule has 0 aliphatic heterocycles. The highest BCUT2D eigenvalue weighted by Gasteiger charge is 2.36. The van der Waals surface area contributed by atoms with Gasteiger partial charge in [-0.1, -0.05) is 159 Å². The minimum atomic E-state index is -0.125. The Morgan fingerprint density at radius 2 is 0.788 bits per heavy atom. The quantitative estimate of drug-likeness (QED) is 0.128. The van der Waals surface area contributed by atoms with E-state index in [0.717, 1.165) is 0 Å². The second-order valence-electron chi connectivity index (χ2n) is 15.3. The van der Waals surface area contributed by atoms with Crippen LogP contribution in [-0.4, -0.2) is 0 Å². The van der Waals surface area contributed by atoms with Gasteiger partial charge < -0.3 is 0 Å². The first-order chi connectivity index (χ1) is 25.5. The summed E-state index contributed by atoms with van der Waals surface area (Å²) in [5.74, 6) is 0. The lowest BCUT2D eigenvalue weighted by molar-refractivity contribution is 0.661. The van der Waals surface area contributed by atoms with Gasteiger partial charge in [-0.3, -0.25) is 0 Å². The van der Waals surface area contributed by atoms with Crippen molar-refractivity contribution in [2.45, 2.75) is 26.2 Å². The molecule has 0 N–H and O–H groups in total. The molecule has 0 nitrogen and oxygen atoms in total. The lowest BCUT2D eigenvalue weighted by Crippen LogP contribution is -2.14. The van der Waals surface area contributed by atoms with Crippen molar-refractivity contribution in [1.29, 1.82) is 0 Å². The van der Waals surface area contributed by atoms with E-state index < -0.39 is 0 Å². The van der Waals surface area contributed by atoms with E-state index >= 15 is 0 Å². The van der Waals surface area contributed by atoms with Crippen molar-refractivity contribution in [3.8, 4) is 33.4 Å². The molecule has 244 valence electrons. The summed E-state index contributed by atoms with van der Waals surface area (Å²) in [5, 5.41) is 15.5. The summed E-state index contributed by atoms with van der Waals surface area (Å²) in [5.41, 5.74) is 11.8. The number of fused-ring (bicyclic) bond motifs is 11. The fourth-order valence-electron chi connectivity index (χ4n) is 9.64. The third-order valence-corrected chi connectivity index (χ3v) is 12.0. The molecule has 11 rings (SSSR count). The van der Waals surface area contributed by atoms with E-state index in [0.29, 0.717) is 0 Å². The van der Waals surface area contributed by atoms with Crippen LogP contribution in [0.25, 0.3) is 98.0 Å². The molecule has 0 heteroatoms. The first-order valence-corrected chi connectivity index (χ1v) is 18.4. The van der Waals surface area contributed by atoms with E-state index in [4.69, 9.17) is 0 Å². The fraction of sp³-hybridized carbons (Fsp3) is 0.0769. The number of benzene rings is 10. The Morgan fingerprint density at radius 3 is 1.42 bits per heavy atom. The molecule has 0 amide bonds. The zero-order valence-corrected chi connectivity index (χ0v) is 29.6. The van der Waals surface area contributed by atoms with Crippen LogP contribution in [0.15, 0.2) is 164 Å². The molecule has 0 unspecified atom stereocenters. The van der Waals surface area contributed by atoms with E-state index in [1.54, 1.807) is 0 Å². The van der Waals surface area contributed by atoms with E-state index in [2.05, 4.69) is 185 Å². The van der Waals surface area contributed by atoms with Gasteiger partial charge in [0, 0.05) is 5.41 Å². The SMILES string of the molecule is Cc1ccc2c(-c3cc4ccccc4c4ccccc34)c3cc4c(cc3c(-c3cc5ccccc5c5ccccc35)c2c1)C(C)(C)c1ccccc1-4. The molecule has 0 saturated heterocycles. The van der Waals surface area contributed by atoms with E-state index in [1.165, 1.54) is 115 Å². The maximum atomic E-state index is 2.57. The van der Waals surface area contributed by atoms with E-state index in [9.17, 15) is 0 Å². The highest BCUT2D eigenvalue weighted by Crippen LogP contribution is 2.54. The molecule has 1 aliphatic carbocycles. The van der Waals surface area contributed by atoms with Crippen molar-refractivity contribution < 1.29 is 0 Å². The number of rotatable bonds is 2. The summed E-state index contributed by atoms with van der Waals surface area (Å²) in [6.45, 7) is 7.04. The van der Waals surface area contributed by atoms with Crippen molar-refractivity contribution in [3.63, 3.8) is 0 Å². The summed E-state index contributed by atoms with van der Waals surface area (Å²) in [6, 6.07) is 61.9. The van der Waals surface area contributed by atoms with Crippen LogP contribution in [0.2, 0.25) is 0 Å². The smallest absolute Gasteiger partial charge is 0.0159 e. The molecule has 0 saturated carbocycles. The van der Waals surface area contributed by atoms with Gasteiger partial charge in [-0.05, 0) is 140 Å². The molecular formula is C52H36. The van der Waals surface area contributed by atoms with Crippen molar-refractivity contribution in [1.82, 2.24) is 0 Å². The maximum absolute atomic E-state index is 2.57. The zero-order chi connectivity index (χ0) is 34.7. The van der Waals surface area contributed by atoms with Crippen molar-refractivity contribution in [2.75, 3.05) is 0 Å². The van der Waals surface area contributed by atoms with Crippen LogP contribution < -0.4 is 0 Å². The molecule has 0 atom stereocenters. The predicted octanol–water partition coefficient (Wildman–Crippen LogP) is 14.6. The molecule has 0 heterocycles. The average Bonchev–Trinajstić information content (AvgIpc) is 3.41. The summed E-state index contributed by atoms with van der Waals surface area (Å²) in [7, 11) is 0. The Hall–Kier alpha value is -6.24. The number of aryl methyl sites for hydroxylation is 1. The molecule has 1 aliphatic rings. The normalized spacial score (nSPS) is 13.4. The Bertz CT molecular complexity index is 3160. The molecule has 0 radical (unpaired) electrons. The summed E-state index contributed by atoms with van der Waals surface area (Å²) in [4.78, 5) is 0. The van der Waals surface area contributed by atoms with Crippen LogP contribution in [-0.2, 0) is 5.41 Å². The number of hydrogen-bond acceptors (Lipinski definition) is 0. The summed E-state index contributed by atoms with van der Waals surface area (Å²) >= 11 is 0. The second kappa shape index (κ2) is 10.6. The van der Waals surface area contributed by atoms with Gasteiger partial charge in [0.15, 0.2) is 0 Å². The van der Waals surface area contributed by atoms with Crippen LogP contribution in [0.1, 0.15) is 30.5 Å². The molecule has 10 aromatic carbocycles. The van der Waals surface area contributed by atoms with Gasteiger partial charge in [0.2, 0.25) is 0 Å². The lowest BCUT2D eigenvalue weighted by Gasteiger charge is -2.25. The molecule has 52 heavy (non-hydrogen) atoms. The first-order valence-electron chi connectivity index (χ1n) is 18.4. The predicted molar refractivity (Wildman–Crippen MR) is 225 cm³/mol. The van der Waals surface area contributed by atoms with Gasteiger partial charge >= 0.3 is 0 Å². The standard InChI is InChI=1S/C52H36/c1-31-24-25-41-43(26-31)51(45-28-33-15-5-7-17-35(33)37-19-9-11-21-39(37)45)47-30-49-42(40-22-12-13-23-48(40)52(49,2)3)29-46(47)50(41)44-27-32-14-4-6-16-34(32)36-18-8-10-20-38(36)44/h4-30H,1-3H3. The van der Waals surface area contributed by atoms with Gasteiger partial charge in [0.25, 0.3) is 0 Å². The molecular weight excluding hydrogens is 625 g/mol. The van der Waals surface area contributed by atoms with E-state index in [-0.39, 0.29) is 5.41 Å². The monoisotopic (exact) mass is 660 g/mol. The highest BCUT2D eigenvalue weighted by molar-refractivity contribution is 6.29. The Labute approximate surface area is 303 Å². The van der Waals surface area contributed by atoms with Crippen molar-refractivity contribution >= 4 is 64.6 Å². The Kier molecular flexibility index (Phi) is 6.03. The van der Waals surface area contributed by atoms with Gasteiger partial charge in [0.05, 0.1) is 0 Å². The minimum Gasteiger partial charge on any atom is -0.0619 e. The van der Waals surface area contributed by atoms with Gasteiger partial charge in [0.1, 0.15) is 0 Å². The summed E-state index contributed by atoms with van der Waals surface area (Å²) in [6.07, 6.45) is 0. The van der Waals surface area contributed by atoms with Gasteiger partial charge in [-0.25, -0.2) is 0 Å². The molecule has 0 bridgehead atoms. The van der Waals surface area contributed by atoms with Crippen LogP contribution >= 0.6 is 0 Å². The number of hydrogen-bond donors (Lipinski definition) is 0.